The van der Waals surface area contributed by atoms with Gasteiger partial charge < -0.3 is 13.7 Å². The van der Waals surface area contributed by atoms with E-state index in [2.05, 4.69) is 0 Å². The van der Waals surface area contributed by atoms with E-state index in [-0.39, 0.29) is 11.5 Å². The van der Waals surface area contributed by atoms with Gasteiger partial charge in [-0.3, -0.25) is 14.9 Å². The predicted molar refractivity (Wildman–Crippen MR) is 95.2 cm³/mol. The van der Waals surface area contributed by atoms with E-state index in [0.29, 0.717) is 5.56 Å². The van der Waals surface area contributed by atoms with Crippen molar-refractivity contribution in [2.45, 2.75) is 13.8 Å². The first-order chi connectivity index (χ1) is 12.9. The minimum absolute atomic E-state index is 0.329. The van der Waals surface area contributed by atoms with Crippen LogP contribution in [0.4, 0.5) is 5.88 Å². The molecular weight excluding hydrogens is 352 g/mol. The Balaban J connectivity index is 1.73. The minimum atomic E-state index is -0.937. The summed E-state index contributed by atoms with van der Waals surface area (Å²) >= 11 is 0. The Bertz CT molecular complexity index is 1020. The fourth-order valence-corrected chi connectivity index (χ4v) is 2.83. The first-order valence-corrected chi connectivity index (χ1v) is 8.07. The second kappa shape index (κ2) is 7.28. The molecule has 8 nitrogen and oxygen atoms in total. The number of nitro groups is 1. The van der Waals surface area contributed by atoms with Gasteiger partial charge in [0.2, 0.25) is 11.5 Å². The van der Waals surface area contributed by atoms with Gasteiger partial charge in [-0.1, -0.05) is 18.2 Å². The Morgan fingerprint density at radius 3 is 2.48 bits per heavy atom. The van der Waals surface area contributed by atoms with E-state index in [1.165, 1.54) is 0 Å². The normalized spacial score (nSPS) is 10.6. The molecule has 0 spiro atoms. The highest BCUT2D eigenvalue weighted by Gasteiger charge is 2.21. The Kier molecular flexibility index (Phi) is 4.89. The van der Waals surface area contributed by atoms with Gasteiger partial charge in [0.1, 0.15) is 4.92 Å². The molecule has 0 N–H and O–H groups in total. The van der Waals surface area contributed by atoms with Crippen LogP contribution in [0.2, 0.25) is 0 Å². The molecule has 27 heavy (non-hydrogen) atoms. The molecule has 0 saturated heterocycles. The van der Waals surface area contributed by atoms with Crippen LogP contribution in [0, 0.1) is 24.0 Å². The van der Waals surface area contributed by atoms with Gasteiger partial charge in [-0.15, -0.1) is 0 Å². The number of esters is 1. The molecule has 3 aromatic rings. The number of ether oxygens (including phenoxy) is 1. The minimum Gasteiger partial charge on any atom is -0.451 e. The number of aryl methyl sites for hydroxylation is 1. The summed E-state index contributed by atoms with van der Waals surface area (Å²) in [6, 6.07) is 13.5. The maximum absolute atomic E-state index is 12.5. The number of para-hydroxylation sites is 1. The van der Waals surface area contributed by atoms with Crippen molar-refractivity contribution in [1.82, 2.24) is 4.57 Å². The maximum Gasteiger partial charge on any atom is 0.433 e. The average molecular weight is 368 g/mol. The number of ketones is 1. The maximum atomic E-state index is 12.5. The zero-order valence-electron chi connectivity index (χ0n) is 14.7. The van der Waals surface area contributed by atoms with Crippen LogP contribution in [0.15, 0.2) is 52.9 Å². The molecule has 0 aliphatic rings. The SMILES string of the molecule is Cc1cc(C(=O)COC(=O)c2ccc([N+](=O)[O-])o2)c(C)n1-c1ccccc1. The van der Waals surface area contributed by atoms with Crippen LogP contribution in [-0.4, -0.2) is 27.8 Å². The molecule has 3 rings (SSSR count). The number of carbonyl (C=O) groups excluding carboxylic acids is 2. The second-order valence-electron chi connectivity index (χ2n) is 5.85. The lowest BCUT2D eigenvalue weighted by Gasteiger charge is -2.09. The Morgan fingerprint density at radius 2 is 1.85 bits per heavy atom. The van der Waals surface area contributed by atoms with Crippen molar-refractivity contribution < 1.29 is 23.7 Å². The molecule has 0 amide bonds. The van der Waals surface area contributed by atoms with E-state index < -0.39 is 23.4 Å². The van der Waals surface area contributed by atoms with E-state index in [9.17, 15) is 19.7 Å². The smallest absolute Gasteiger partial charge is 0.433 e. The number of carbonyl (C=O) groups is 2. The molecule has 0 radical (unpaired) electrons. The van der Waals surface area contributed by atoms with E-state index in [0.717, 1.165) is 29.2 Å². The first-order valence-electron chi connectivity index (χ1n) is 8.07. The van der Waals surface area contributed by atoms with Crippen LogP contribution >= 0.6 is 0 Å². The van der Waals surface area contributed by atoms with Crippen molar-refractivity contribution in [3.05, 3.63) is 81.4 Å². The fourth-order valence-electron chi connectivity index (χ4n) is 2.83. The number of Topliss-reactive ketones (excluding diaryl/α,β-unsaturated/α-hetero) is 1. The molecule has 0 unspecified atom stereocenters. The lowest BCUT2D eigenvalue weighted by atomic mass is 10.1. The molecule has 0 saturated carbocycles. The van der Waals surface area contributed by atoms with Gasteiger partial charge in [0, 0.05) is 22.6 Å². The zero-order valence-corrected chi connectivity index (χ0v) is 14.7. The summed E-state index contributed by atoms with van der Waals surface area (Å²) in [5.41, 5.74) is 2.96. The van der Waals surface area contributed by atoms with Gasteiger partial charge in [-0.05, 0) is 38.1 Å². The number of nitrogens with zero attached hydrogens (tertiary/aromatic N) is 2. The average Bonchev–Trinajstić information content (AvgIpc) is 3.25. The molecule has 138 valence electrons. The van der Waals surface area contributed by atoms with Crippen LogP contribution in [0.5, 0.6) is 0 Å². The Labute approximate surface area is 154 Å². The number of furan rings is 1. The molecule has 1 aromatic carbocycles. The highest BCUT2D eigenvalue weighted by Crippen LogP contribution is 2.21. The molecule has 2 aromatic heterocycles. The van der Waals surface area contributed by atoms with E-state index in [4.69, 9.17) is 9.15 Å². The van der Waals surface area contributed by atoms with Gasteiger partial charge in [-0.2, -0.15) is 0 Å². The molecule has 0 aliphatic carbocycles. The lowest BCUT2D eigenvalue weighted by molar-refractivity contribution is -0.402. The summed E-state index contributed by atoms with van der Waals surface area (Å²) in [7, 11) is 0. The number of benzene rings is 1. The summed E-state index contributed by atoms with van der Waals surface area (Å²) in [5, 5.41) is 10.6. The molecule has 2 heterocycles. The Hall–Kier alpha value is -3.68. The monoisotopic (exact) mass is 368 g/mol. The van der Waals surface area contributed by atoms with Gasteiger partial charge >= 0.3 is 11.9 Å². The third-order valence-corrected chi connectivity index (χ3v) is 4.05. The first kappa shape index (κ1) is 18.1. The van der Waals surface area contributed by atoms with Crippen molar-refractivity contribution in [2.75, 3.05) is 6.61 Å². The van der Waals surface area contributed by atoms with Crippen molar-refractivity contribution in [1.29, 1.82) is 0 Å². The van der Waals surface area contributed by atoms with Crippen LogP contribution < -0.4 is 0 Å². The molecule has 0 fully saturated rings. The fraction of sp³-hybridized carbons (Fsp3) is 0.158. The van der Waals surface area contributed by atoms with Crippen LogP contribution in [0.25, 0.3) is 5.69 Å². The predicted octanol–water partition coefficient (Wildman–Crippen LogP) is 3.64. The van der Waals surface area contributed by atoms with E-state index in [1.54, 1.807) is 6.07 Å². The molecule has 0 atom stereocenters. The molecule has 0 bridgehead atoms. The van der Waals surface area contributed by atoms with E-state index in [1.807, 2.05) is 48.7 Å². The van der Waals surface area contributed by atoms with Crippen LogP contribution in [0.1, 0.15) is 32.3 Å². The second-order valence-corrected chi connectivity index (χ2v) is 5.85. The summed E-state index contributed by atoms with van der Waals surface area (Å²) in [4.78, 5) is 34.2. The third kappa shape index (κ3) is 3.64. The summed E-state index contributed by atoms with van der Waals surface area (Å²) in [6.45, 7) is 3.20. The summed E-state index contributed by atoms with van der Waals surface area (Å²) in [5.74, 6) is -2.21. The van der Waals surface area contributed by atoms with Crippen LogP contribution in [0.3, 0.4) is 0 Å². The number of hydrogen-bond donors (Lipinski definition) is 0. The lowest BCUT2D eigenvalue weighted by Crippen LogP contribution is -2.14. The summed E-state index contributed by atoms with van der Waals surface area (Å²) in [6.07, 6.45) is 0. The van der Waals surface area contributed by atoms with Gasteiger partial charge in [0.05, 0.1) is 6.07 Å². The number of rotatable bonds is 6. The highest BCUT2D eigenvalue weighted by atomic mass is 16.7. The molecule has 8 heteroatoms. The van der Waals surface area contributed by atoms with Crippen molar-refractivity contribution in [3.63, 3.8) is 0 Å². The quantitative estimate of drug-likeness (QED) is 0.285. The Morgan fingerprint density at radius 1 is 1.15 bits per heavy atom. The highest BCUT2D eigenvalue weighted by molar-refractivity contribution is 6.00. The van der Waals surface area contributed by atoms with Gasteiger partial charge in [0.15, 0.2) is 6.61 Å². The number of hydrogen-bond acceptors (Lipinski definition) is 6. The zero-order chi connectivity index (χ0) is 19.6. The molecular formula is C19H16N2O6. The third-order valence-electron chi connectivity index (χ3n) is 4.05. The van der Waals surface area contributed by atoms with Gasteiger partial charge in [0.25, 0.3) is 0 Å². The number of aromatic nitrogens is 1. The van der Waals surface area contributed by atoms with E-state index >= 15 is 0 Å². The van der Waals surface area contributed by atoms with Crippen molar-refractivity contribution in [3.8, 4) is 5.69 Å². The standard InChI is InChI=1S/C19H16N2O6/c1-12-10-15(13(2)20(12)14-6-4-3-5-7-14)16(22)11-26-19(23)17-8-9-18(27-17)21(24)25/h3-10H,11H2,1-2H3. The van der Waals surface area contributed by atoms with Crippen LogP contribution in [-0.2, 0) is 4.74 Å². The molecule has 0 aliphatic heterocycles. The topological polar surface area (TPSA) is 105 Å². The summed E-state index contributed by atoms with van der Waals surface area (Å²) < 4.78 is 11.6. The van der Waals surface area contributed by atoms with Gasteiger partial charge in [-0.25, -0.2) is 4.79 Å². The largest absolute Gasteiger partial charge is 0.451 e. The van der Waals surface area contributed by atoms with Crippen molar-refractivity contribution >= 4 is 17.6 Å². The van der Waals surface area contributed by atoms with Crippen molar-refractivity contribution in [2.24, 2.45) is 0 Å².